The van der Waals surface area contributed by atoms with E-state index in [-0.39, 0.29) is 11.3 Å². The zero-order valence-electron chi connectivity index (χ0n) is 13.6. The minimum atomic E-state index is -0.293. The molecule has 0 amide bonds. The smallest absolute Gasteiger partial charge is 0.294 e. The van der Waals surface area contributed by atoms with Crippen LogP contribution in [0, 0.1) is 0 Å². The molecule has 3 rings (SSSR count). The lowest BCUT2D eigenvalue weighted by Gasteiger charge is -2.07. The normalized spacial score (nSPS) is 10.6. The Hall–Kier alpha value is -2.74. The van der Waals surface area contributed by atoms with Crippen LogP contribution in [0.25, 0.3) is 0 Å². The van der Waals surface area contributed by atoms with Gasteiger partial charge < -0.3 is 15.0 Å². The first-order valence-corrected chi connectivity index (χ1v) is 9.01. The lowest BCUT2D eigenvalue weighted by molar-refractivity contribution is 0.300. The molecule has 0 saturated carbocycles. The highest BCUT2D eigenvalue weighted by Crippen LogP contribution is 2.09. The van der Waals surface area contributed by atoms with Crippen LogP contribution in [0.1, 0.15) is 11.3 Å². The monoisotopic (exact) mass is 357 g/mol. The van der Waals surface area contributed by atoms with Crippen LogP contribution in [-0.2, 0) is 12.4 Å². The summed E-state index contributed by atoms with van der Waals surface area (Å²) in [5.74, 6) is 2.41. The van der Waals surface area contributed by atoms with E-state index in [1.165, 1.54) is 6.20 Å². The molecule has 0 aliphatic rings. The molecule has 2 heterocycles. The first-order valence-electron chi connectivity index (χ1n) is 7.86. The molecule has 2 aromatic heterocycles. The van der Waals surface area contributed by atoms with Crippen molar-refractivity contribution in [3.05, 3.63) is 70.7 Å². The number of aromatic nitrogens is 4. The standard InChI is InChI=1S/C17H19N5O2S/c23-16-15(24-10-13-4-2-1-3-5-13)9-20-17(22-16)19-6-7-25-11-14-8-18-12-21-14/h1-5,8-9,12H,6-7,10-11H2,(H,18,21)(H2,19,20,22,23). The highest BCUT2D eigenvalue weighted by molar-refractivity contribution is 7.98. The third-order valence-corrected chi connectivity index (χ3v) is 4.36. The number of hydrogen-bond donors (Lipinski definition) is 3. The molecule has 7 nitrogen and oxygen atoms in total. The summed E-state index contributed by atoms with van der Waals surface area (Å²) >= 11 is 1.77. The van der Waals surface area contributed by atoms with Crippen molar-refractivity contribution < 1.29 is 4.74 Å². The van der Waals surface area contributed by atoms with Crippen molar-refractivity contribution >= 4 is 17.7 Å². The SMILES string of the molecule is O=c1[nH]c(NCCSCc2cnc[nH]2)ncc1OCc1ccccc1. The van der Waals surface area contributed by atoms with Crippen molar-refractivity contribution in [3.63, 3.8) is 0 Å². The number of hydrogen-bond acceptors (Lipinski definition) is 6. The topological polar surface area (TPSA) is 95.7 Å². The number of rotatable bonds is 9. The lowest BCUT2D eigenvalue weighted by atomic mass is 10.2. The summed E-state index contributed by atoms with van der Waals surface area (Å²) < 4.78 is 5.51. The molecular formula is C17H19N5O2S. The Kier molecular flexibility index (Phi) is 6.11. The third kappa shape index (κ3) is 5.39. The second-order valence-corrected chi connectivity index (χ2v) is 6.36. The highest BCUT2D eigenvalue weighted by Gasteiger charge is 2.04. The zero-order chi connectivity index (χ0) is 17.3. The van der Waals surface area contributed by atoms with Gasteiger partial charge in [0.25, 0.3) is 5.56 Å². The number of aromatic amines is 2. The number of nitrogens with zero attached hydrogens (tertiary/aromatic N) is 2. The van der Waals surface area contributed by atoms with Gasteiger partial charge in [0.2, 0.25) is 11.7 Å². The van der Waals surface area contributed by atoms with Gasteiger partial charge in [-0.3, -0.25) is 9.78 Å². The number of imidazole rings is 1. The van der Waals surface area contributed by atoms with Crippen LogP contribution < -0.4 is 15.6 Å². The van der Waals surface area contributed by atoms with Crippen LogP contribution in [0.15, 0.2) is 53.8 Å². The number of H-pyrrole nitrogens is 2. The van der Waals surface area contributed by atoms with Crippen LogP contribution in [0.5, 0.6) is 5.75 Å². The third-order valence-electron chi connectivity index (χ3n) is 3.36. The van der Waals surface area contributed by atoms with Gasteiger partial charge in [-0.1, -0.05) is 30.3 Å². The van der Waals surface area contributed by atoms with E-state index in [1.54, 1.807) is 18.1 Å². The molecule has 8 heteroatoms. The van der Waals surface area contributed by atoms with E-state index in [9.17, 15) is 4.79 Å². The van der Waals surface area contributed by atoms with Gasteiger partial charge in [-0.15, -0.1) is 0 Å². The second kappa shape index (κ2) is 8.93. The predicted molar refractivity (Wildman–Crippen MR) is 98.9 cm³/mol. The van der Waals surface area contributed by atoms with E-state index in [1.807, 2.05) is 36.5 Å². The Balaban J connectivity index is 1.42. The molecule has 0 bridgehead atoms. The Morgan fingerprint density at radius 2 is 2.08 bits per heavy atom. The van der Waals surface area contributed by atoms with Crippen molar-refractivity contribution in [1.29, 1.82) is 0 Å². The second-order valence-electron chi connectivity index (χ2n) is 5.26. The van der Waals surface area contributed by atoms with Crippen molar-refractivity contribution in [1.82, 2.24) is 19.9 Å². The van der Waals surface area contributed by atoms with Crippen LogP contribution in [0.3, 0.4) is 0 Å². The molecule has 25 heavy (non-hydrogen) atoms. The Labute approximate surface area is 149 Å². The van der Waals surface area contributed by atoms with Gasteiger partial charge in [-0.25, -0.2) is 9.97 Å². The van der Waals surface area contributed by atoms with Gasteiger partial charge >= 0.3 is 0 Å². The van der Waals surface area contributed by atoms with Crippen LogP contribution in [0.2, 0.25) is 0 Å². The van der Waals surface area contributed by atoms with E-state index in [0.717, 1.165) is 22.8 Å². The molecule has 1 aromatic carbocycles. The molecule has 0 fully saturated rings. The first kappa shape index (κ1) is 17.1. The van der Waals surface area contributed by atoms with E-state index in [0.29, 0.717) is 19.1 Å². The Bertz CT molecular complexity index is 821. The molecule has 0 atom stereocenters. The average molecular weight is 357 g/mol. The number of thioether (sulfide) groups is 1. The Morgan fingerprint density at radius 3 is 2.84 bits per heavy atom. The minimum absolute atomic E-state index is 0.211. The molecule has 3 aromatic rings. The summed E-state index contributed by atoms with van der Waals surface area (Å²) in [5, 5.41) is 3.10. The summed E-state index contributed by atoms with van der Waals surface area (Å²) in [7, 11) is 0. The highest BCUT2D eigenvalue weighted by atomic mass is 32.2. The van der Waals surface area contributed by atoms with Gasteiger partial charge in [0, 0.05) is 29.9 Å². The quantitative estimate of drug-likeness (QED) is 0.509. The van der Waals surface area contributed by atoms with Crippen LogP contribution >= 0.6 is 11.8 Å². The van der Waals surface area contributed by atoms with Gasteiger partial charge in [0.1, 0.15) is 6.61 Å². The minimum Gasteiger partial charge on any atom is -0.482 e. The van der Waals surface area contributed by atoms with E-state index < -0.39 is 0 Å². The molecule has 0 aliphatic heterocycles. The molecule has 0 spiro atoms. The summed E-state index contributed by atoms with van der Waals surface area (Å²) in [6, 6.07) is 9.68. The number of anilines is 1. The maximum atomic E-state index is 12.0. The fourth-order valence-corrected chi connectivity index (χ4v) is 2.87. The van der Waals surface area contributed by atoms with Gasteiger partial charge in [0.15, 0.2) is 0 Å². The molecule has 0 aliphatic carbocycles. The molecule has 0 saturated heterocycles. The van der Waals surface area contributed by atoms with Gasteiger partial charge in [-0.05, 0) is 5.56 Å². The van der Waals surface area contributed by atoms with Crippen molar-refractivity contribution in [2.75, 3.05) is 17.6 Å². The molecule has 0 unspecified atom stereocenters. The van der Waals surface area contributed by atoms with E-state index >= 15 is 0 Å². The lowest BCUT2D eigenvalue weighted by Crippen LogP contribution is -2.16. The summed E-state index contributed by atoms with van der Waals surface area (Å²) in [4.78, 5) is 25.9. The van der Waals surface area contributed by atoms with E-state index in [2.05, 4.69) is 25.3 Å². The van der Waals surface area contributed by atoms with Crippen molar-refractivity contribution in [3.8, 4) is 5.75 Å². The summed E-state index contributed by atoms with van der Waals surface area (Å²) in [6.45, 7) is 1.04. The zero-order valence-corrected chi connectivity index (χ0v) is 14.4. The van der Waals surface area contributed by atoms with Crippen molar-refractivity contribution in [2.45, 2.75) is 12.4 Å². The van der Waals surface area contributed by atoms with Crippen molar-refractivity contribution in [2.24, 2.45) is 0 Å². The van der Waals surface area contributed by atoms with E-state index in [4.69, 9.17) is 4.74 Å². The fourth-order valence-electron chi connectivity index (χ4n) is 2.10. The van der Waals surface area contributed by atoms with Gasteiger partial charge in [-0.2, -0.15) is 11.8 Å². The molecule has 130 valence electrons. The molecule has 3 N–H and O–H groups in total. The summed E-state index contributed by atoms with van der Waals surface area (Å²) in [6.07, 6.45) is 4.93. The number of ether oxygens (including phenoxy) is 1. The number of benzene rings is 1. The summed E-state index contributed by atoms with van der Waals surface area (Å²) in [5.41, 5.74) is 1.80. The van der Waals surface area contributed by atoms with Gasteiger partial charge in [0.05, 0.1) is 12.5 Å². The average Bonchev–Trinajstić information content (AvgIpc) is 3.15. The fraction of sp³-hybridized carbons (Fsp3) is 0.235. The first-order chi connectivity index (χ1) is 12.3. The molecular weight excluding hydrogens is 338 g/mol. The van der Waals surface area contributed by atoms with Crippen LogP contribution in [0.4, 0.5) is 5.95 Å². The maximum Gasteiger partial charge on any atom is 0.294 e. The number of nitrogens with one attached hydrogen (secondary N) is 3. The maximum absolute atomic E-state index is 12.0. The van der Waals surface area contributed by atoms with Crippen LogP contribution in [-0.4, -0.2) is 32.2 Å². The molecule has 0 radical (unpaired) electrons. The Morgan fingerprint density at radius 1 is 1.20 bits per heavy atom. The predicted octanol–water partition coefficient (Wildman–Crippen LogP) is 2.42. The largest absolute Gasteiger partial charge is 0.482 e.